The highest BCUT2D eigenvalue weighted by atomic mass is 79.9. The van der Waals surface area contributed by atoms with Gasteiger partial charge < -0.3 is 10.6 Å². The van der Waals surface area contributed by atoms with E-state index in [-0.39, 0.29) is 5.91 Å². The van der Waals surface area contributed by atoms with Crippen LogP contribution in [0.25, 0.3) is 0 Å². The molecule has 4 rings (SSSR count). The first kappa shape index (κ1) is 15.9. The fraction of sp³-hybridized carbons (Fsp3) is 0.611. The van der Waals surface area contributed by atoms with E-state index in [1.54, 1.807) is 0 Å². The Morgan fingerprint density at radius 3 is 2.77 bits per heavy atom. The molecule has 120 valence electrons. The van der Waals surface area contributed by atoms with Crippen LogP contribution in [0.1, 0.15) is 33.6 Å². The molecule has 0 saturated heterocycles. The molecule has 0 aromatic heterocycles. The van der Waals surface area contributed by atoms with Crippen LogP contribution < -0.4 is 10.6 Å². The quantitative estimate of drug-likeness (QED) is 0.845. The van der Waals surface area contributed by atoms with Gasteiger partial charge in [0.1, 0.15) is 0 Å². The van der Waals surface area contributed by atoms with Crippen LogP contribution in [0.15, 0.2) is 28.7 Å². The lowest BCUT2D eigenvalue weighted by molar-refractivity contribution is -0.132. The summed E-state index contributed by atoms with van der Waals surface area (Å²) in [7, 11) is 0. The number of halogens is 1. The van der Waals surface area contributed by atoms with Crippen molar-refractivity contribution in [3.8, 4) is 0 Å². The van der Waals surface area contributed by atoms with Gasteiger partial charge in [-0.25, -0.2) is 0 Å². The smallest absolute Gasteiger partial charge is 0.239 e. The van der Waals surface area contributed by atoms with E-state index in [0.717, 1.165) is 28.4 Å². The van der Waals surface area contributed by atoms with Gasteiger partial charge in [-0.05, 0) is 54.2 Å². The Hall–Kier alpha value is -1.03. The van der Waals surface area contributed by atoms with Gasteiger partial charge in [0.05, 0.1) is 6.54 Å². The molecular weight excluding hydrogens is 340 g/mol. The lowest BCUT2D eigenvalue weighted by atomic mass is 9.45. The fourth-order valence-electron chi connectivity index (χ4n) is 4.38. The van der Waals surface area contributed by atoms with E-state index >= 15 is 0 Å². The molecule has 0 unspecified atom stereocenters. The van der Waals surface area contributed by atoms with Gasteiger partial charge in [-0.1, -0.05) is 42.8 Å². The lowest BCUT2D eigenvalue weighted by Crippen LogP contribution is -2.61. The zero-order chi connectivity index (χ0) is 15.9. The molecule has 0 radical (unpaired) electrons. The molecule has 1 aromatic rings. The van der Waals surface area contributed by atoms with Crippen molar-refractivity contribution < 1.29 is 4.79 Å². The molecule has 3 nitrogen and oxygen atoms in total. The van der Waals surface area contributed by atoms with E-state index < -0.39 is 0 Å². The zero-order valence-electron chi connectivity index (χ0n) is 13.5. The van der Waals surface area contributed by atoms with Gasteiger partial charge in [-0.3, -0.25) is 4.79 Å². The molecule has 1 aromatic carbocycles. The highest BCUT2D eigenvalue weighted by Crippen LogP contribution is 2.61. The van der Waals surface area contributed by atoms with Gasteiger partial charge in [0.25, 0.3) is 0 Å². The molecule has 0 spiro atoms. The van der Waals surface area contributed by atoms with E-state index in [2.05, 4.69) is 47.3 Å². The number of nitrogens with one attached hydrogen (secondary N) is 2. The largest absolute Gasteiger partial charge is 0.376 e. The molecular formula is C18H25BrN2O. The van der Waals surface area contributed by atoms with Crippen LogP contribution in [0, 0.1) is 23.2 Å². The van der Waals surface area contributed by atoms with E-state index in [1.165, 1.54) is 6.42 Å². The van der Waals surface area contributed by atoms with Crippen LogP contribution in [0.2, 0.25) is 0 Å². The summed E-state index contributed by atoms with van der Waals surface area (Å²) in [6.07, 6.45) is 2.48. The van der Waals surface area contributed by atoms with Gasteiger partial charge in [-0.2, -0.15) is 0 Å². The molecule has 2 N–H and O–H groups in total. The maximum Gasteiger partial charge on any atom is 0.239 e. The van der Waals surface area contributed by atoms with E-state index in [9.17, 15) is 4.79 Å². The minimum Gasteiger partial charge on any atom is -0.376 e. The van der Waals surface area contributed by atoms with Gasteiger partial charge in [0, 0.05) is 16.2 Å². The molecule has 3 aliphatic carbocycles. The number of carbonyl (C=O) groups excluding carboxylic acids is 1. The number of hydrogen-bond donors (Lipinski definition) is 2. The molecule has 22 heavy (non-hydrogen) atoms. The molecule has 0 aliphatic heterocycles. The molecule has 4 heteroatoms. The molecule has 3 fully saturated rings. The first-order valence-corrected chi connectivity index (χ1v) is 8.96. The SMILES string of the molecule is C[C@@H]1[C@H]2C[C@@H](C[C@H]1NC(=O)CNc1cccc(Br)c1)C2(C)C. The van der Waals surface area contributed by atoms with Crippen LogP contribution in [0.4, 0.5) is 5.69 Å². The summed E-state index contributed by atoms with van der Waals surface area (Å²) in [5, 5.41) is 6.43. The number of carbonyl (C=O) groups is 1. The third-order valence-corrected chi connectivity index (χ3v) is 6.47. The predicted molar refractivity (Wildman–Crippen MR) is 93.7 cm³/mol. The Balaban J connectivity index is 1.51. The second-order valence-electron chi connectivity index (χ2n) is 7.49. The highest BCUT2D eigenvalue weighted by molar-refractivity contribution is 9.10. The van der Waals surface area contributed by atoms with Crippen molar-refractivity contribution in [2.45, 2.75) is 39.7 Å². The van der Waals surface area contributed by atoms with Gasteiger partial charge >= 0.3 is 0 Å². The average Bonchev–Trinajstić information content (AvgIpc) is 2.46. The van der Waals surface area contributed by atoms with Crippen LogP contribution in [0.5, 0.6) is 0 Å². The number of fused-ring (bicyclic) bond motifs is 2. The van der Waals surface area contributed by atoms with Crippen LogP contribution in [-0.2, 0) is 4.79 Å². The molecule has 3 saturated carbocycles. The number of benzene rings is 1. The van der Waals surface area contributed by atoms with Crippen LogP contribution >= 0.6 is 15.9 Å². The second-order valence-corrected chi connectivity index (χ2v) is 8.41. The summed E-state index contributed by atoms with van der Waals surface area (Å²) in [6, 6.07) is 8.23. The Morgan fingerprint density at radius 2 is 2.14 bits per heavy atom. The summed E-state index contributed by atoms with van der Waals surface area (Å²) in [6.45, 7) is 7.40. The fourth-order valence-corrected chi connectivity index (χ4v) is 4.78. The van der Waals surface area contributed by atoms with E-state index in [1.807, 2.05) is 24.3 Å². The average molecular weight is 365 g/mol. The number of anilines is 1. The molecule has 0 heterocycles. The Bertz CT molecular complexity index is 572. The van der Waals surface area contributed by atoms with Crippen molar-refractivity contribution in [1.82, 2.24) is 5.32 Å². The highest BCUT2D eigenvalue weighted by Gasteiger charge is 2.56. The van der Waals surface area contributed by atoms with Crippen molar-refractivity contribution in [1.29, 1.82) is 0 Å². The topological polar surface area (TPSA) is 41.1 Å². The predicted octanol–water partition coefficient (Wildman–Crippen LogP) is 4.05. The molecule has 3 aliphatic rings. The Kier molecular flexibility index (Phi) is 4.23. The lowest BCUT2D eigenvalue weighted by Gasteiger charge is -2.62. The summed E-state index contributed by atoms with van der Waals surface area (Å²) in [4.78, 5) is 12.2. The van der Waals surface area contributed by atoms with Crippen molar-refractivity contribution >= 4 is 27.5 Å². The summed E-state index contributed by atoms with van der Waals surface area (Å²) in [5.41, 5.74) is 1.43. The van der Waals surface area contributed by atoms with Crippen molar-refractivity contribution in [2.24, 2.45) is 23.2 Å². The maximum atomic E-state index is 12.2. The third-order valence-electron chi connectivity index (χ3n) is 5.98. The van der Waals surface area contributed by atoms with Gasteiger partial charge in [0.2, 0.25) is 5.91 Å². The van der Waals surface area contributed by atoms with Crippen molar-refractivity contribution in [3.63, 3.8) is 0 Å². The normalized spacial score (nSPS) is 32.0. The molecule has 4 atom stereocenters. The minimum atomic E-state index is 0.0935. The number of amides is 1. The standard InChI is InChI=1S/C18H25BrN2O/c1-11-15-7-12(18(15,2)3)8-16(11)21-17(22)10-20-14-6-4-5-13(19)9-14/h4-6,9,11-12,15-16,20H,7-8,10H2,1-3H3,(H,21,22)/t11-,12+,15-,16-/m1/s1. The van der Waals surface area contributed by atoms with E-state index in [4.69, 9.17) is 0 Å². The first-order valence-electron chi connectivity index (χ1n) is 8.16. The third kappa shape index (κ3) is 2.90. The van der Waals surface area contributed by atoms with Crippen molar-refractivity contribution in [3.05, 3.63) is 28.7 Å². The Morgan fingerprint density at radius 1 is 1.36 bits per heavy atom. The maximum absolute atomic E-state index is 12.2. The van der Waals surface area contributed by atoms with E-state index in [0.29, 0.717) is 23.9 Å². The van der Waals surface area contributed by atoms with Crippen molar-refractivity contribution in [2.75, 3.05) is 11.9 Å². The molecule has 1 amide bonds. The Labute approximate surface area is 141 Å². The summed E-state index contributed by atoms with van der Waals surface area (Å²) >= 11 is 3.44. The minimum absolute atomic E-state index is 0.0935. The second kappa shape index (κ2) is 5.88. The summed E-state index contributed by atoms with van der Waals surface area (Å²) < 4.78 is 1.01. The monoisotopic (exact) mass is 364 g/mol. The van der Waals surface area contributed by atoms with Gasteiger partial charge in [0.15, 0.2) is 0 Å². The number of hydrogen-bond acceptors (Lipinski definition) is 2. The van der Waals surface area contributed by atoms with Crippen LogP contribution in [-0.4, -0.2) is 18.5 Å². The van der Waals surface area contributed by atoms with Crippen LogP contribution in [0.3, 0.4) is 0 Å². The first-order chi connectivity index (χ1) is 10.4. The zero-order valence-corrected chi connectivity index (χ0v) is 15.1. The van der Waals surface area contributed by atoms with Gasteiger partial charge in [-0.15, -0.1) is 0 Å². The summed E-state index contributed by atoms with van der Waals surface area (Å²) in [5.74, 6) is 2.21. The molecule has 2 bridgehead atoms. The number of rotatable bonds is 4.